The Morgan fingerprint density at radius 1 is 1.20 bits per heavy atom. The molecule has 1 unspecified atom stereocenters. The molecule has 0 aromatic heterocycles. The van der Waals surface area contributed by atoms with E-state index in [9.17, 15) is 0 Å². The molecule has 0 aliphatic rings. The van der Waals surface area contributed by atoms with Gasteiger partial charge in [0.25, 0.3) is 0 Å². The van der Waals surface area contributed by atoms with Crippen LogP contribution in [-0.2, 0) is 6.42 Å². The summed E-state index contributed by atoms with van der Waals surface area (Å²) >= 11 is 6.29. The summed E-state index contributed by atoms with van der Waals surface area (Å²) in [5, 5.41) is 0.0932. The van der Waals surface area contributed by atoms with Crippen LogP contribution in [0, 0.1) is 0 Å². The van der Waals surface area contributed by atoms with Crippen LogP contribution < -0.4 is 0 Å². The molecule has 0 amide bonds. The van der Waals surface area contributed by atoms with Gasteiger partial charge in [0.1, 0.15) is 0 Å². The molecule has 0 aliphatic carbocycles. The Bertz CT molecular complexity index is 279. The average molecular weight is 226 g/mol. The van der Waals surface area contributed by atoms with Crippen LogP contribution >= 0.6 is 11.6 Å². The van der Waals surface area contributed by atoms with Crippen LogP contribution in [-0.4, -0.2) is 25.5 Å². The topological polar surface area (TPSA) is 3.24 Å². The number of benzene rings is 1. The highest BCUT2D eigenvalue weighted by Gasteiger charge is 2.08. The molecule has 0 fully saturated rings. The van der Waals surface area contributed by atoms with E-state index in [1.807, 2.05) is 14.1 Å². The Balaban J connectivity index is 2.62. The van der Waals surface area contributed by atoms with E-state index in [0.29, 0.717) is 0 Å². The maximum absolute atomic E-state index is 6.29. The van der Waals surface area contributed by atoms with Gasteiger partial charge in [0.05, 0.1) is 5.38 Å². The van der Waals surface area contributed by atoms with Crippen LogP contribution in [0.5, 0.6) is 0 Å². The van der Waals surface area contributed by atoms with Gasteiger partial charge < -0.3 is 4.90 Å². The minimum absolute atomic E-state index is 0.0932. The van der Waals surface area contributed by atoms with Gasteiger partial charge in [0.2, 0.25) is 0 Å². The normalized spacial score (nSPS) is 13.1. The molecular weight excluding hydrogens is 206 g/mol. The van der Waals surface area contributed by atoms with E-state index in [4.69, 9.17) is 11.6 Å². The van der Waals surface area contributed by atoms with Crippen molar-refractivity contribution in [2.24, 2.45) is 0 Å². The fourth-order valence-electron chi connectivity index (χ4n) is 1.61. The highest BCUT2D eigenvalue weighted by molar-refractivity contribution is 6.21. The molecule has 0 N–H and O–H groups in total. The van der Waals surface area contributed by atoms with E-state index >= 15 is 0 Å². The van der Waals surface area contributed by atoms with E-state index < -0.39 is 0 Å². The van der Waals surface area contributed by atoms with E-state index in [1.54, 1.807) is 0 Å². The predicted molar refractivity (Wildman–Crippen MR) is 67.6 cm³/mol. The number of hydrogen-bond donors (Lipinski definition) is 0. The lowest BCUT2D eigenvalue weighted by Crippen LogP contribution is -2.17. The van der Waals surface area contributed by atoms with Gasteiger partial charge in [-0.1, -0.05) is 37.6 Å². The van der Waals surface area contributed by atoms with Crippen molar-refractivity contribution in [3.63, 3.8) is 0 Å². The van der Waals surface area contributed by atoms with Crippen molar-refractivity contribution in [1.82, 2.24) is 4.90 Å². The fraction of sp³-hybridized carbons (Fsp3) is 0.538. The van der Waals surface area contributed by atoms with Crippen LogP contribution in [0.3, 0.4) is 0 Å². The lowest BCUT2D eigenvalue weighted by atomic mass is 10.1. The van der Waals surface area contributed by atoms with Crippen molar-refractivity contribution in [2.45, 2.75) is 25.1 Å². The summed E-state index contributed by atoms with van der Waals surface area (Å²) in [6.45, 7) is 3.08. The molecule has 15 heavy (non-hydrogen) atoms. The van der Waals surface area contributed by atoms with Crippen LogP contribution in [0.1, 0.15) is 29.8 Å². The van der Waals surface area contributed by atoms with E-state index in [2.05, 4.69) is 36.1 Å². The summed E-state index contributed by atoms with van der Waals surface area (Å²) < 4.78 is 0. The molecule has 0 radical (unpaired) electrons. The van der Waals surface area contributed by atoms with Crippen LogP contribution in [0.2, 0.25) is 0 Å². The zero-order chi connectivity index (χ0) is 11.3. The van der Waals surface area contributed by atoms with E-state index in [0.717, 1.165) is 13.0 Å². The predicted octanol–water partition coefficient (Wildman–Crippen LogP) is 3.48. The van der Waals surface area contributed by atoms with Crippen LogP contribution in [0.4, 0.5) is 0 Å². The Morgan fingerprint density at radius 3 is 2.27 bits per heavy atom. The van der Waals surface area contributed by atoms with Gasteiger partial charge in [0, 0.05) is 6.54 Å². The monoisotopic (exact) mass is 225 g/mol. The minimum Gasteiger partial charge on any atom is -0.308 e. The largest absolute Gasteiger partial charge is 0.308 e. The summed E-state index contributed by atoms with van der Waals surface area (Å²) in [5.41, 5.74) is 2.61. The number of hydrogen-bond acceptors (Lipinski definition) is 1. The van der Waals surface area contributed by atoms with Gasteiger partial charge >= 0.3 is 0 Å². The molecule has 1 aromatic rings. The van der Waals surface area contributed by atoms with Gasteiger partial charge in [-0.2, -0.15) is 0 Å². The molecule has 0 bridgehead atoms. The number of halogens is 1. The zero-order valence-corrected chi connectivity index (χ0v) is 10.6. The van der Waals surface area contributed by atoms with Gasteiger partial charge in [-0.05, 0) is 31.6 Å². The summed E-state index contributed by atoms with van der Waals surface area (Å²) in [6.07, 6.45) is 2.35. The summed E-state index contributed by atoms with van der Waals surface area (Å²) in [7, 11) is 4.08. The van der Waals surface area contributed by atoms with Crippen molar-refractivity contribution in [3.8, 4) is 0 Å². The first-order valence-corrected chi connectivity index (χ1v) is 5.94. The first kappa shape index (κ1) is 12.5. The molecule has 1 rings (SSSR count). The Hall–Kier alpha value is -0.530. The lowest BCUT2D eigenvalue weighted by molar-refractivity contribution is 0.408. The first-order valence-electron chi connectivity index (χ1n) is 5.51. The number of rotatable bonds is 5. The second-order valence-corrected chi connectivity index (χ2v) is 4.75. The maximum atomic E-state index is 6.29. The number of alkyl halides is 1. The molecule has 1 nitrogen and oxygen atoms in total. The number of aryl methyl sites for hydroxylation is 1. The summed E-state index contributed by atoms with van der Waals surface area (Å²) in [4.78, 5) is 2.11. The van der Waals surface area contributed by atoms with Crippen molar-refractivity contribution in [2.75, 3.05) is 20.6 Å². The molecule has 84 valence electrons. The van der Waals surface area contributed by atoms with Crippen molar-refractivity contribution < 1.29 is 0 Å². The Morgan fingerprint density at radius 2 is 1.80 bits per heavy atom. The van der Waals surface area contributed by atoms with E-state index in [-0.39, 0.29) is 5.38 Å². The molecular formula is C13H20ClN. The highest BCUT2D eigenvalue weighted by atomic mass is 35.5. The molecule has 1 atom stereocenters. The molecule has 0 aliphatic heterocycles. The third-order valence-corrected chi connectivity index (χ3v) is 2.80. The summed E-state index contributed by atoms with van der Waals surface area (Å²) in [5.74, 6) is 0. The first-order chi connectivity index (χ1) is 7.13. The van der Waals surface area contributed by atoms with Crippen molar-refractivity contribution in [1.29, 1.82) is 0 Å². The molecule has 2 heteroatoms. The lowest BCUT2D eigenvalue weighted by Gasteiger charge is -2.15. The highest BCUT2D eigenvalue weighted by Crippen LogP contribution is 2.21. The van der Waals surface area contributed by atoms with Gasteiger partial charge in [-0.15, -0.1) is 11.6 Å². The second kappa shape index (κ2) is 6.14. The SMILES string of the molecule is CCCc1ccc(C(Cl)CN(C)C)cc1. The number of nitrogens with zero attached hydrogens (tertiary/aromatic N) is 1. The Labute approximate surface area is 98.0 Å². The minimum atomic E-state index is 0.0932. The van der Waals surface area contributed by atoms with Crippen molar-refractivity contribution in [3.05, 3.63) is 35.4 Å². The van der Waals surface area contributed by atoms with Crippen molar-refractivity contribution >= 4 is 11.6 Å². The maximum Gasteiger partial charge on any atom is 0.0712 e. The molecule has 0 spiro atoms. The number of likely N-dealkylation sites (N-methyl/N-ethyl adjacent to an activating group) is 1. The fourth-order valence-corrected chi connectivity index (χ4v) is 2.03. The molecule has 0 saturated carbocycles. The second-order valence-electron chi connectivity index (χ2n) is 4.22. The molecule has 0 heterocycles. The van der Waals surface area contributed by atoms with E-state index in [1.165, 1.54) is 17.5 Å². The third kappa shape index (κ3) is 4.23. The molecule has 0 saturated heterocycles. The molecule has 1 aromatic carbocycles. The zero-order valence-electron chi connectivity index (χ0n) is 9.83. The standard InChI is InChI=1S/C13H20ClN/c1-4-5-11-6-8-12(9-7-11)13(14)10-15(2)3/h6-9,13H,4-5,10H2,1-3H3. The van der Waals surface area contributed by atoms with Gasteiger partial charge in [-0.25, -0.2) is 0 Å². The van der Waals surface area contributed by atoms with Gasteiger partial charge in [0.15, 0.2) is 0 Å². The van der Waals surface area contributed by atoms with Crippen LogP contribution in [0.15, 0.2) is 24.3 Å². The van der Waals surface area contributed by atoms with Crippen LogP contribution in [0.25, 0.3) is 0 Å². The third-order valence-electron chi connectivity index (χ3n) is 2.41. The Kier molecular flexibility index (Phi) is 5.13. The average Bonchev–Trinajstić information content (AvgIpc) is 2.18. The smallest absolute Gasteiger partial charge is 0.0712 e. The summed E-state index contributed by atoms with van der Waals surface area (Å²) in [6, 6.07) is 8.66. The van der Waals surface area contributed by atoms with Gasteiger partial charge in [-0.3, -0.25) is 0 Å². The quantitative estimate of drug-likeness (QED) is 0.694.